The van der Waals surface area contributed by atoms with Gasteiger partial charge >= 0.3 is 0 Å². The third-order valence-corrected chi connectivity index (χ3v) is 9.70. The van der Waals surface area contributed by atoms with Gasteiger partial charge in [0.25, 0.3) is 5.91 Å². The highest BCUT2D eigenvalue weighted by Crippen LogP contribution is 2.56. The number of Topliss-reactive ketones (excluding diaryl/α,β-unsaturated/α-hetero) is 2. The van der Waals surface area contributed by atoms with Gasteiger partial charge in [-0.1, -0.05) is 43.3 Å². The molecule has 1 heterocycles. The molecule has 3 aromatic rings. The minimum absolute atomic E-state index is 0.106. The molecule has 13 heteroatoms. The van der Waals surface area contributed by atoms with Crippen molar-refractivity contribution < 1.29 is 39.9 Å². The zero-order valence-electron chi connectivity index (χ0n) is 23.8. The second-order valence-corrected chi connectivity index (χ2v) is 12.4. The Labute approximate surface area is 255 Å². The average molecular weight is 619 g/mol. The number of aliphatic hydroxyl groups excluding tert-OH is 3. The molecule has 2 aromatic carbocycles. The van der Waals surface area contributed by atoms with Crippen LogP contribution in [0.3, 0.4) is 0 Å². The van der Waals surface area contributed by atoms with Gasteiger partial charge in [0.2, 0.25) is 5.78 Å². The van der Waals surface area contributed by atoms with Crippen LogP contribution in [-0.2, 0) is 14.4 Å². The number of phenolic OH excluding ortho intramolecular Hbond substituents is 1. The van der Waals surface area contributed by atoms with Gasteiger partial charge in [-0.25, -0.2) is 4.98 Å². The van der Waals surface area contributed by atoms with Crippen molar-refractivity contribution in [2.24, 2.45) is 17.6 Å². The summed E-state index contributed by atoms with van der Waals surface area (Å²) in [5.41, 5.74) is 3.07. The first kappa shape index (κ1) is 29.5. The number of amides is 1. The Balaban J connectivity index is 1.47. The number of ketones is 2. The summed E-state index contributed by atoms with van der Waals surface area (Å²) in [7, 11) is 2.92. The smallest absolute Gasteiger partial charge is 0.255 e. The van der Waals surface area contributed by atoms with Crippen molar-refractivity contribution in [3.8, 4) is 17.0 Å². The minimum Gasteiger partial charge on any atom is -0.508 e. The molecule has 6 unspecified atom stereocenters. The van der Waals surface area contributed by atoms with Crippen molar-refractivity contribution in [1.82, 2.24) is 9.88 Å². The molecule has 3 aliphatic rings. The summed E-state index contributed by atoms with van der Waals surface area (Å²) in [6.07, 6.45) is -1.66. The molecule has 6 rings (SSSR count). The number of carbonyl (C=O) groups is 3. The van der Waals surface area contributed by atoms with Crippen LogP contribution in [0.4, 0.5) is 10.8 Å². The number of hydrogen-bond acceptors (Lipinski definition) is 12. The highest BCUT2D eigenvalue weighted by Gasteiger charge is 2.68. The topological polar surface area (TPSA) is 207 Å². The standard InChI is InChI=1S/C31H30N4O8S/c1-12-14-9-10-15(33-30-34-16(11-44-30)13-7-5-4-6-8-13)23(36)18(14)24(37)19-17(12)25(38)21-22(35(2)3)26(39)20(29(32)42)28(41)31(21,43)27(19)40/h4-12,17,21-22,25,36-38,41,43H,1-3H3,(H2,32,42)(H,33,34). The number of primary amides is 1. The number of nitrogens with two attached hydrogens (primary N) is 1. The zero-order chi connectivity index (χ0) is 31.8. The fourth-order valence-electron chi connectivity index (χ4n) is 6.91. The molecule has 0 radical (unpaired) electrons. The number of carbonyl (C=O) groups excluding carboxylic acids is 3. The molecule has 3 aliphatic carbocycles. The summed E-state index contributed by atoms with van der Waals surface area (Å²) in [5.74, 6) is -9.37. The first-order chi connectivity index (χ1) is 20.8. The van der Waals surface area contributed by atoms with Gasteiger partial charge in [-0.2, -0.15) is 0 Å². The number of fused-ring (bicyclic) bond motifs is 3. The fraction of sp³-hybridized carbons (Fsp3) is 0.290. The van der Waals surface area contributed by atoms with Gasteiger partial charge in [0.15, 0.2) is 16.5 Å². The molecule has 8 N–H and O–H groups in total. The second-order valence-electron chi connectivity index (χ2n) is 11.5. The zero-order valence-corrected chi connectivity index (χ0v) is 24.7. The van der Waals surface area contributed by atoms with E-state index in [0.29, 0.717) is 16.4 Å². The van der Waals surface area contributed by atoms with E-state index in [1.54, 1.807) is 19.1 Å². The number of rotatable bonds is 5. The molecular formula is C31H30N4O8S. The Bertz CT molecular complexity index is 1800. The summed E-state index contributed by atoms with van der Waals surface area (Å²) in [5, 5.41) is 62.8. The molecule has 1 amide bonds. The number of aromatic hydroxyl groups is 1. The molecule has 1 fully saturated rings. The number of anilines is 2. The number of nitrogens with zero attached hydrogens (tertiary/aromatic N) is 2. The number of aliphatic hydroxyl groups is 4. The van der Waals surface area contributed by atoms with Crippen LogP contribution < -0.4 is 11.1 Å². The lowest BCUT2D eigenvalue weighted by Crippen LogP contribution is -2.70. The van der Waals surface area contributed by atoms with Crippen molar-refractivity contribution in [1.29, 1.82) is 0 Å². The van der Waals surface area contributed by atoms with E-state index in [0.717, 1.165) is 5.56 Å². The quantitative estimate of drug-likeness (QED) is 0.163. The number of nitrogens with one attached hydrogen (secondary N) is 1. The number of phenols is 1. The van der Waals surface area contributed by atoms with Crippen molar-refractivity contribution >= 4 is 45.4 Å². The van der Waals surface area contributed by atoms with Crippen molar-refractivity contribution in [3.05, 3.63) is 75.9 Å². The van der Waals surface area contributed by atoms with Crippen LogP contribution in [0.15, 0.2) is 64.8 Å². The van der Waals surface area contributed by atoms with Crippen LogP contribution in [0.2, 0.25) is 0 Å². The molecule has 0 bridgehead atoms. The molecule has 1 saturated carbocycles. The maximum Gasteiger partial charge on any atom is 0.255 e. The van der Waals surface area contributed by atoms with Crippen LogP contribution in [-0.4, -0.2) is 84.7 Å². The van der Waals surface area contributed by atoms with Gasteiger partial charge in [0.1, 0.15) is 22.8 Å². The monoisotopic (exact) mass is 618 g/mol. The summed E-state index contributed by atoms with van der Waals surface area (Å²) < 4.78 is 0. The molecule has 44 heavy (non-hydrogen) atoms. The Morgan fingerprint density at radius 2 is 1.77 bits per heavy atom. The Kier molecular flexibility index (Phi) is 6.89. The number of thiazole rings is 1. The highest BCUT2D eigenvalue weighted by molar-refractivity contribution is 7.14. The first-order valence-corrected chi connectivity index (χ1v) is 14.6. The van der Waals surface area contributed by atoms with Crippen LogP contribution in [0.1, 0.15) is 24.0 Å². The maximum atomic E-state index is 14.1. The Hall–Kier alpha value is -4.56. The molecule has 228 valence electrons. The van der Waals surface area contributed by atoms with Crippen molar-refractivity contribution in [2.45, 2.75) is 30.6 Å². The summed E-state index contributed by atoms with van der Waals surface area (Å²) in [4.78, 5) is 45.5. The van der Waals surface area contributed by atoms with Gasteiger partial charge < -0.3 is 36.6 Å². The van der Waals surface area contributed by atoms with Crippen LogP contribution in [0.25, 0.3) is 17.0 Å². The van der Waals surface area contributed by atoms with E-state index >= 15 is 0 Å². The third kappa shape index (κ3) is 4.00. The maximum absolute atomic E-state index is 14.1. The predicted octanol–water partition coefficient (Wildman–Crippen LogP) is 2.36. The highest BCUT2D eigenvalue weighted by atomic mass is 32.1. The number of likely N-dealkylation sites (N-methyl/N-ethyl adjacent to an activating group) is 1. The minimum atomic E-state index is -2.97. The van der Waals surface area contributed by atoms with Crippen LogP contribution >= 0.6 is 11.3 Å². The first-order valence-electron chi connectivity index (χ1n) is 13.8. The molecular weight excluding hydrogens is 588 g/mol. The van der Waals surface area contributed by atoms with Gasteiger partial charge in [-0.3, -0.25) is 19.3 Å². The van der Waals surface area contributed by atoms with E-state index in [9.17, 15) is 39.9 Å². The average Bonchev–Trinajstić information content (AvgIpc) is 3.45. The van der Waals surface area contributed by atoms with Crippen molar-refractivity contribution in [3.63, 3.8) is 0 Å². The normalized spacial score (nSPS) is 28.1. The Morgan fingerprint density at radius 3 is 2.41 bits per heavy atom. The van der Waals surface area contributed by atoms with E-state index in [2.05, 4.69) is 10.3 Å². The molecule has 6 atom stereocenters. The lowest BCUT2D eigenvalue weighted by molar-refractivity contribution is -0.169. The van der Waals surface area contributed by atoms with E-state index < -0.39 is 81.4 Å². The largest absolute Gasteiger partial charge is 0.508 e. The second kappa shape index (κ2) is 10.3. The number of benzene rings is 2. The van der Waals surface area contributed by atoms with Gasteiger partial charge in [0.05, 0.1) is 35.0 Å². The SMILES string of the molecule is CC1c2ccc(Nc3nc(-c4ccccc4)cs3)c(O)c2C(O)=C2C(=O)C3(O)C(O)=C(C(N)=O)C(=O)C(N(C)C)C3C(O)C21. The third-order valence-electron chi connectivity index (χ3n) is 8.94. The Morgan fingerprint density at radius 1 is 1.09 bits per heavy atom. The number of hydrogen-bond donors (Lipinski definition) is 7. The molecule has 1 aromatic heterocycles. The molecule has 0 saturated heterocycles. The molecule has 0 aliphatic heterocycles. The number of aromatic nitrogens is 1. The lowest BCUT2D eigenvalue weighted by atomic mass is 9.54. The summed E-state index contributed by atoms with van der Waals surface area (Å²) in [6, 6.07) is 11.3. The van der Waals surface area contributed by atoms with Gasteiger partial charge in [-0.15, -0.1) is 11.3 Å². The lowest BCUT2D eigenvalue weighted by Gasteiger charge is -2.53. The van der Waals surface area contributed by atoms with Crippen LogP contribution in [0, 0.1) is 11.8 Å². The van der Waals surface area contributed by atoms with E-state index in [-0.39, 0.29) is 11.3 Å². The molecule has 0 spiro atoms. The van der Waals surface area contributed by atoms with E-state index in [1.165, 1.54) is 30.3 Å². The van der Waals surface area contributed by atoms with Gasteiger partial charge in [0, 0.05) is 22.4 Å². The van der Waals surface area contributed by atoms with Crippen molar-refractivity contribution in [2.75, 3.05) is 19.4 Å². The molecule has 12 nitrogen and oxygen atoms in total. The van der Waals surface area contributed by atoms with E-state index in [4.69, 9.17) is 5.73 Å². The van der Waals surface area contributed by atoms with Crippen LogP contribution in [0.5, 0.6) is 5.75 Å². The van der Waals surface area contributed by atoms with E-state index in [1.807, 2.05) is 35.7 Å². The predicted molar refractivity (Wildman–Crippen MR) is 161 cm³/mol. The summed E-state index contributed by atoms with van der Waals surface area (Å²) >= 11 is 1.29. The summed E-state index contributed by atoms with van der Waals surface area (Å²) in [6.45, 7) is 1.68. The fourth-order valence-corrected chi connectivity index (χ4v) is 7.64. The van der Waals surface area contributed by atoms with Gasteiger partial charge in [-0.05, 0) is 31.6 Å².